The van der Waals surface area contributed by atoms with Gasteiger partial charge in [0.25, 0.3) is 0 Å². The molecule has 7 rings (SSSR count). The fourth-order valence-electron chi connectivity index (χ4n) is 6.61. The van der Waals surface area contributed by atoms with E-state index in [4.69, 9.17) is 9.97 Å². The molecule has 6 heteroatoms. The van der Waals surface area contributed by atoms with E-state index in [9.17, 15) is 0 Å². The van der Waals surface area contributed by atoms with Crippen LogP contribution in [-0.4, -0.2) is 67.2 Å². The summed E-state index contributed by atoms with van der Waals surface area (Å²) in [6.45, 7) is 10.2. The molecule has 0 atom stereocenters. The lowest BCUT2D eigenvalue weighted by molar-refractivity contribution is 0.335. The lowest BCUT2D eigenvalue weighted by atomic mass is 9.87. The van der Waals surface area contributed by atoms with E-state index in [1.807, 2.05) is 0 Å². The van der Waals surface area contributed by atoms with E-state index in [0.717, 1.165) is 44.1 Å². The van der Waals surface area contributed by atoms with Crippen molar-refractivity contribution in [3.8, 4) is 0 Å². The lowest BCUT2D eigenvalue weighted by Gasteiger charge is -2.38. The predicted molar refractivity (Wildman–Crippen MR) is 156 cm³/mol. The Balaban J connectivity index is 1.08. The summed E-state index contributed by atoms with van der Waals surface area (Å²) in [7, 11) is 0. The third-order valence-electron chi connectivity index (χ3n) is 9.20. The van der Waals surface area contributed by atoms with Gasteiger partial charge in [0.1, 0.15) is 11.6 Å². The number of hydrogen-bond acceptors (Lipinski definition) is 6. The van der Waals surface area contributed by atoms with Gasteiger partial charge in [-0.25, -0.2) is 9.97 Å². The van der Waals surface area contributed by atoms with Gasteiger partial charge in [-0.1, -0.05) is 24.3 Å². The smallest absolute Gasteiger partial charge is 0.140 e. The Morgan fingerprint density at radius 1 is 0.763 bits per heavy atom. The van der Waals surface area contributed by atoms with Crippen molar-refractivity contribution >= 4 is 22.4 Å². The van der Waals surface area contributed by atoms with Crippen LogP contribution in [0, 0.1) is 0 Å². The minimum atomic E-state index is 0.561. The monoisotopic (exact) mass is 510 g/mol. The zero-order valence-corrected chi connectivity index (χ0v) is 22.7. The number of rotatable bonds is 9. The van der Waals surface area contributed by atoms with Crippen LogP contribution in [0.2, 0.25) is 0 Å². The molecule has 200 valence electrons. The molecule has 1 aliphatic carbocycles. The van der Waals surface area contributed by atoms with Crippen LogP contribution in [0.15, 0.2) is 42.5 Å². The number of nitrogens with one attached hydrogen (secondary N) is 1. The topological polar surface area (TPSA) is 47.5 Å². The van der Waals surface area contributed by atoms with Crippen LogP contribution in [-0.2, 0) is 6.54 Å². The van der Waals surface area contributed by atoms with E-state index in [1.165, 1.54) is 93.6 Å². The zero-order valence-electron chi connectivity index (χ0n) is 22.7. The number of hydrogen-bond donors (Lipinski definition) is 1. The highest BCUT2D eigenvalue weighted by Crippen LogP contribution is 2.41. The van der Waals surface area contributed by atoms with E-state index in [-0.39, 0.29) is 0 Å². The number of benzene rings is 2. The predicted octanol–water partition coefficient (Wildman–Crippen LogP) is 5.29. The molecule has 1 saturated carbocycles. The first-order chi connectivity index (χ1) is 18.8. The molecule has 38 heavy (non-hydrogen) atoms. The Morgan fingerprint density at radius 3 is 2.34 bits per heavy atom. The lowest BCUT2D eigenvalue weighted by Crippen LogP contribution is -2.39. The van der Waals surface area contributed by atoms with Crippen molar-refractivity contribution in [3.05, 3.63) is 59.4 Å². The van der Waals surface area contributed by atoms with E-state index in [0.29, 0.717) is 11.8 Å². The molecule has 0 bridgehead atoms. The van der Waals surface area contributed by atoms with Crippen LogP contribution >= 0.6 is 0 Å². The molecule has 6 nitrogen and oxygen atoms in total. The van der Waals surface area contributed by atoms with Gasteiger partial charge in [0.2, 0.25) is 0 Å². The molecule has 4 heterocycles. The summed E-state index contributed by atoms with van der Waals surface area (Å²) in [5.41, 5.74) is 5.48. The van der Waals surface area contributed by atoms with Gasteiger partial charge in [0.15, 0.2) is 0 Å². The second-order valence-electron chi connectivity index (χ2n) is 11.9. The number of piperidine rings is 1. The second kappa shape index (κ2) is 10.8. The molecule has 0 unspecified atom stereocenters. The molecule has 3 saturated heterocycles. The highest BCUT2D eigenvalue weighted by atomic mass is 15.2. The molecule has 1 N–H and O–H groups in total. The summed E-state index contributed by atoms with van der Waals surface area (Å²) in [5, 5.41) is 4.91. The van der Waals surface area contributed by atoms with Crippen molar-refractivity contribution in [2.24, 2.45) is 0 Å². The molecular formula is C32H42N6. The van der Waals surface area contributed by atoms with Crippen LogP contribution in [0.4, 0.5) is 11.5 Å². The SMILES string of the molecule is c1ccc(N2CCC2)c(C2CCN(c3nc(C4CC4)nc4ccc(CNCCN5CCCC5)cc34)CC2)c1. The van der Waals surface area contributed by atoms with Gasteiger partial charge in [-0.3, -0.25) is 0 Å². The van der Waals surface area contributed by atoms with E-state index < -0.39 is 0 Å². The summed E-state index contributed by atoms with van der Waals surface area (Å²) in [5.74, 6) is 3.43. The molecule has 1 aromatic heterocycles. The standard InChI is InChI=1S/C32H42N6/c1-2-7-30(37-17-5-18-37)27(6-1)25-12-19-38(20-13-25)32-28-22-24(23-33-14-21-36-15-3-4-16-36)8-11-29(28)34-31(35-32)26-9-10-26/h1-2,6-8,11,22,25-26,33H,3-5,9-10,12-21,23H2. The first kappa shape index (κ1) is 24.3. The normalized spacial score (nSPS) is 20.8. The summed E-state index contributed by atoms with van der Waals surface area (Å²) in [4.78, 5) is 17.9. The van der Waals surface area contributed by atoms with Crippen molar-refractivity contribution in [1.82, 2.24) is 20.2 Å². The molecule has 0 radical (unpaired) electrons. The molecule has 0 amide bonds. The molecule has 3 aromatic rings. The third-order valence-corrected chi connectivity index (χ3v) is 9.20. The second-order valence-corrected chi connectivity index (χ2v) is 11.9. The Morgan fingerprint density at radius 2 is 1.58 bits per heavy atom. The van der Waals surface area contributed by atoms with Gasteiger partial charge >= 0.3 is 0 Å². The van der Waals surface area contributed by atoms with Crippen molar-refractivity contribution in [1.29, 1.82) is 0 Å². The Kier molecular flexibility index (Phi) is 6.93. The highest BCUT2D eigenvalue weighted by molar-refractivity contribution is 5.90. The van der Waals surface area contributed by atoms with Crippen LogP contribution in [0.25, 0.3) is 10.9 Å². The fraction of sp³-hybridized carbons (Fsp3) is 0.562. The first-order valence-electron chi connectivity index (χ1n) is 15.1. The maximum Gasteiger partial charge on any atom is 0.140 e. The third kappa shape index (κ3) is 5.13. The van der Waals surface area contributed by atoms with Crippen LogP contribution in [0.5, 0.6) is 0 Å². The minimum Gasteiger partial charge on any atom is -0.371 e. The van der Waals surface area contributed by atoms with Crippen molar-refractivity contribution in [2.45, 2.75) is 63.3 Å². The van der Waals surface area contributed by atoms with Gasteiger partial charge in [-0.05, 0) is 93.3 Å². The number of nitrogens with zero attached hydrogens (tertiary/aromatic N) is 5. The van der Waals surface area contributed by atoms with Gasteiger partial charge in [0, 0.05) is 62.8 Å². The van der Waals surface area contributed by atoms with E-state index in [1.54, 1.807) is 5.56 Å². The van der Waals surface area contributed by atoms with E-state index in [2.05, 4.69) is 62.5 Å². The van der Waals surface area contributed by atoms with Gasteiger partial charge < -0.3 is 20.0 Å². The number of para-hydroxylation sites is 1. The van der Waals surface area contributed by atoms with Crippen molar-refractivity contribution in [2.75, 3.05) is 62.2 Å². The first-order valence-corrected chi connectivity index (χ1v) is 15.1. The summed E-state index contributed by atoms with van der Waals surface area (Å²) >= 11 is 0. The quantitative estimate of drug-likeness (QED) is 0.395. The molecule has 2 aromatic carbocycles. The van der Waals surface area contributed by atoms with Crippen molar-refractivity contribution < 1.29 is 0 Å². The summed E-state index contributed by atoms with van der Waals surface area (Å²) in [6, 6.07) is 16.0. The number of likely N-dealkylation sites (tertiary alicyclic amines) is 1. The number of anilines is 2. The van der Waals surface area contributed by atoms with Crippen molar-refractivity contribution in [3.63, 3.8) is 0 Å². The molecule has 0 spiro atoms. The van der Waals surface area contributed by atoms with Gasteiger partial charge in [-0.15, -0.1) is 0 Å². The molecule has 4 aliphatic rings. The highest BCUT2D eigenvalue weighted by Gasteiger charge is 2.30. The molecular weight excluding hydrogens is 468 g/mol. The fourth-order valence-corrected chi connectivity index (χ4v) is 6.61. The maximum atomic E-state index is 5.22. The number of aromatic nitrogens is 2. The van der Waals surface area contributed by atoms with Crippen LogP contribution in [0.1, 0.15) is 73.7 Å². The zero-order chi connectivity index (χ0) is 25.3. The van der Waals surface area contributed by atoms with Crippen LogP contribution in [0.3, 0.4) is 0 Å². The Hall–Kier alpha value is -2.70. The molecule has 3 aliphatic heterocycles. The Bertz CT molecular complexity index is 1250. The average molecular weight is 511 g/mol. The average Bonchev–Trinajstić information content (AvgIpc) is 3.65. The summed E-state index contributed by atoms with van der Waals surface area (Å²) in [6.07, 6.45) is 8.89. The molecule has 4 fully saturated rings. The maximum absolute atomic E-state index is 5.22. The summed E-state index contributed by atoms with van der Waals surface area (Å²) < 4.78 is 0. The van der Waals surface area contributed by atoms with E-state index >= 15 is 0 Å². The minimum absolute atomic E-state index is 0.561. The van der Waals surface area contributed by atoms with Gasteiger partial charge in [0.05, 0.1) is 5.52 Å². The largest absolute Gasteiger partial charge is 0.371 e. The number of fused-ring (bicyclic) bond motifs is 1. The van der Waals surface area contributed by atoms with Gasteiger partial charge in [-0.2, -0.15) is 0 Å². The van der Waals surface area contributed by atoms with Crippen LogP contribution < -0.4 is 15.1 Å². The Labute approximate surface area is 227 Å².